The van der Waals surface area contributed by atoms with E-state index in [1.165, 1.54) is 0 Å². The summed E-state index contributed by atoms with van der Waals surface area (Å²) in [5.41, 5.74) is 7.03. The first-order valence-corrected chi connectivity index (χ1v) is 6.93. The molecule has 1 aliphatic heterocycles. The maximum atomic E-state index is 12.3. The van der Waals surface area contributed by atoms with Crippen molar-refractivity contribution in [2.75, 3.05) is 32.7 Å². The number of carbonyl (C=O) groups is 2. The van der Waals surface area contributed by atoms with Gasteiger partial charge in [-0.2, -0.15) is 0 Å². The molecule has 1 aliphatic rings. The van der Waals surface area contributed by atoms with E-state index in [0.717, 1.165) is 24.2 Å². The lowest BCUT2D eigenvalue weighted by atomic mass is 10.1. The van der Waals surface area contributed by atoms with Crippen molar-refractivity contribution in [3.05, 3.63) is 35.4 Å². The van der Waals surface area contributed by atoms with Crippen LogP contribution in [-0.4, -0.2) is 54.3 Å². The first kappa shape index (κ1) is 14.5. The van der Waals surface area contributed by atoms with E-state index >= 15 is 0 Å². The molecule has 0 spiro atoms. The molecule has 0 bridgehead atoms. The summed E-state index contributed by atoms with van der Waals surface area (Å²) in [7, 11) is 0. The first-order valence-electron chi connectivity index (χ1n) is 6.93. The maximum Gasteiger partial charge on any atom is 0.253 e. The van der Waals surface area contributed by atoms with E-state index in [9.17, 15) is 9.59 Å². The summed E-state index contributed by atoms with van der Waals surface area (Å²) in [5.74, 6) is -0.192. The highest BCUT2D eigenvalue weighted by atomic mass is 16.2. The van der Waals surface area contributed by atoms with E-state index in [1.807, 2.05) is 36.1 Å². The third-order valence-corrected chi connectivity index (χ3v) is 3.63. The molecule has 1 aromatic rings. The van der Waals surface area contributed by atoms with Crippen molar-refractivity contribution >= 4 is 11.8 Å². The van der Waals surface area contributed by atoms with Crippen LogP contribution in [0.4, 0.5) is 0 Å². The Morgan fingerprint density at radius 1 is 1.10 bits per heavy atom. The molecule has 1 heterocycles. The summed E-state index contributed by atoms with van der Waals surface area (Å²) in [4.78, 5) is 27.1. The molecular formula is C15H21N3O2. The van der Waals surface area contributed by atoms with Gasteiger partial charge in [-0.3, -0.25) is 14.5 Å². The Morgan fingerprint density at radius 3 is 2.25 bits per heavy atom. The monoisotopic (exact) mass is 275 g/mol. The summed E-state index contributed by atoms with van der Waals surface area (Å²) < 4.78 is 0. The van der Waals surface area contributed by atoms with E-state index in [2.05, 4.69) is 4.90 Å². The Morgan fingerprint density at radius 2 is 1.70 bits per heavy atom. The fourth-order valence-corrected chi connectivity index (χ4v) is 2.32. The molecule has 0 radical (unpaired) electrons. The smallest absolute Gasteiger partial charge is 0.253 e. The van der Waals surface area contributed by atoms with Crippen molar-refractivity contribution in [1.82, 2.24) is 9.80 Å². The molecule has 0 saturated carbocycles. The summed E-state index contributed by atoms with van der Waals surface area (Å²) in [6.45, 7) is 5.68. The van der Waals surface area contributed by atoms with Crippen LogP contribution in [0.15, 0.2) is 24.3 Å². The largest absolute Gasteiger partial charge is 0.370 e. The van der Waals surface area contributed by atoms with Gasteiger partial charge in [0.2, 0.25) is 5.91 Å². The highest BCUT2D eigenvalue weighted by Crippen LogP contribution is 2.10. The SMILES string of the molecule is Cc1ccc(C(=O)N2CCN(CCC(N)=O)CC2)cc1. The number of primary amides is 1. The van der Waals surface area contributed by atoms with Gasteiger partial charge in [0.25, 0.3) is 5.91 Å². The standard InChI is InChI=1S/C15H21N3O2/c1-12-2-4-13(5-3-12)15(20)18-10-8-17(9-11-18)7-6-14(16)19/h2-5H,6-11H2,1H3,(H2,16,19). The lowest BCUT2D eigenvalue weighted by molar-refractivity contribution is -0.118. The van der Waals surface area contributed by atoms with Crippen molar-refractivity contribution in [2.45, 2.75) is 13.3 Å². The predicted molar refractivity (Wildman–Crippen MR) is 77.3 cm³/mol. The summed E-state index contributed by atoms with van der Waals surface area (Å²) in [5, 5.41) is 0. The highest BCUT2D eigenvalue weighted by Gasteiger charge is 2.21. The number of piperazine rings is 1. The normalized spacial score (nSPS) is 16.1. The highest BCUT2D eigenvalue weighted by molar-refractivity contribution is 5.94. The number of rotatable bonds is 4. The van der Waals surface area contributed by atoms with Gasteiger partial charge in [0.15, 0.2) is 0 Å². The number of nitrogens with zero attached hydrogens (tertiary/aromatic N) is 2. The number of hydrogen-bond acceptors (Lipinski definition) is 3. The number of hydrogen-bond donors (Lipinski definition) is 1. The van der Waals surface area contributed by atoms with Gasteiger partial charge in [-0.25, -0.2) is 0 Å². The molecule has 0 aromatic heterocycles. The van der Waals surface area contributed by atoms with Crippen LogP contribution in [0.1, 0.15) is 22.3 Å². The Bertz CT molecular complexity index is 476. The Hall–Kier alpha value is -1.88. The number of benzene rings is 1. The summed E-state index contributed by atoms with van der Waals surface area (Å²) in [6.07, 6.45) is 0.381. The number of aryl methyl sites for hydroxylation is 1. The second kappa shape index (κ2) is 6.52. The van der Waals surface area contributed by atoms with Gasteiger partial charge >= 0.3 is 0 Å². The quantitative estimate of drug-likeness (QED) is 0.876. The predicted octanol–water partition coefficient (Wildman–Crippen LogP) is 0.628. The van der Waals surface area contributed by atoms with Gasteiger partial charge in [0.1, 0.15) is 0 Å². The first-order chi connectivity index (χ1) is 9.56. The van der Waals surface area contributed by atoms with E-state index < -0.39 is 0 Å². The zero-order chi connectivity index (χ0) is 14.5. The lowest BCUT2D eigenvalue weighted by Crippen LogP contribution is -2.49. The van der Waals surface area contributed by atoms with Crippen LogP contribution >= 0.6 is 0 Å². The number of nitrogens with two attached hydrogens (primary N) is 1. The van der Waals surface area contributed by atoms with Crippen molar-refractivity contribution in [1.29, 1.82) is 0 Å². The average molecular weight is 275 g/mol. The second-order valence-corrected chi connectivity index (χ2v) is 5.22. The molecule has 20 heavy (non-hydrogen) atoms. The van der Waals surface area contributed by atoms with Crippen molar-refractivity contribution in [3.8, 4) is 0 Å². The van der Waals surface area contributed by atoms with E-state index in [4.69, 9.17) is 5.73 Å². The topological polar surface area (TPSA) is 66.6 Å². The molecule has 0 atom stereocenters. The average Bonchev–Trinajstić information content (AvgIpc) is 2.46. The minimum absolute atomic E-state index is 0.0829. The van der Waals surface area contributed by atoms with Crippen molar-refractivity contribution in [2.24, 2.45) is 5.73 Å². The van der Waals surface area contributed by atoms with Gasteiger partial charge in [-0.15, -0.1) is 0 Å². The Kier molecular flexibility index (Phi) is 4.74. The lowest BCUT2D eigenvalue weighted by Gasteiger charge is -2.34. The molecule has 5 nitrogen and oxygen atoms in total. The van der Waals surface area contributed by atoms with E-state index in [1.54, 1.807) is 0 Å². The van der Waals surface area contributed by atoms with Crippen molar-refractivity contribution in [3.63, 3.8) is 0 Å². The molecule has 5 heteroatoms. The fraction of sp³-hybridized carbons (Fsp3) is 0.467. The van der Waals surface area contributed by atoms with Gasteiger partial charge in [-0.05, 0) is 19.1 Å². The molecule has 1 aromatic carbocycles. The molecule has 108 valence electrons. The minimum atomic E-state index is -0.275. The Labute approximate surface area is 119 Å². The van der Waals surface area contributed by atoms with Crippen LogP contribution in [0.5, 0.6) is 0 Å². The summed E-state index contributed by atoms with van der Waals surface area (Å²) in [6, 6.07) is 7.65. The van der Waals surface area contributed by atoms with Crippen LogP contribution in [0.2, 0.25) is 0 Å². The third kappa shape index (κ3) is 3.81. The Balaban J connectivity index is 1.85. The zero-order valence-electron chi connectivity index (χ0n) is 11.8. The van der Waals surface area contributed by atoms with E-state index in [-0.39, 0.29) is 11.8 Å². The van der Waals surface area contributed by atoms with Gasteiger partial charge in [0.05, 0.1) is 0 Å². The number of amides is 2. The van der Waals surface area contributed by atoms with Crippen LogP contribution < -0.4 is 5.73 Å². The van der Waals surface area contributed by atoms with Crippen molar-refractivity contribution < 1.29 is 9.59 Å². The molecule has 1 fully saturated rings. The van der Waals surface area contributed by atoms with Crippen LogP contribution in [0, 0.1) is 6.92 Å². The van der Waals surface area contributed by atoms with Gasteiger partial charge < -0.3 is 10.6 Å². The second-order valence-electron chi connectivity index (χ2n) is 5.22. The maximum absolute atomic E-state index is 12.3. The molecular weight excluding hydrogens is 254 g/mol. The number of carbonyl (C=O) groups excluding carboxylic acids is 2. The van der Waals surface area contributed by atoms with Crippen LogP contribution in [0.25, 0.3) is 0 Å². The minimum Gasteiger partial charge on any atom is -0.370 e. The zero-order valence-corrected chi connectivity index (χ0v) is 11.8. The molecule has 1 saturated heterocycles. The van der Waals surface area contributed by atoms with Gasteiger partial charge in [-0.1, -0.05) is 17.7 Å². The molecule has 2 amide bonds. The summed E-state index contributed by atoms with van der Waals surface area (Å²) >= 11 is 0. The van der Waals surface area contributed by atoms with Gasteiger partial charge in [0, 0.05) is 44.7 Å². The molecule has 2 rings (SSSR count). The third-order valence-electron chi connectivity index (χ3n) is 3.63. The molecule has 2 N–H and O–H groups in total. The van der Waals surface area contributed by atoms with E-state index in [0.29, 0.717) is 26.1 Å². The molecule has 0 unspecified atom stereocenters. The van der Waals surface area contributed by atoms with Crippen LogP contribution in [0.3, 0.4) is 0 Å². The fourth-order valence-electron chi connectivity index (χ4n) is 2.32. The van der Waals surface area contributed by atoms with Crippen LogP contribution in [-0.2, 0) is 4.79 Å². The molecule has 0 aliphatic carbocycles.